The number of fused-ring (bicyclic) bond motifs is 3. The van der Waals surface area contributed by atoms with E-state index in [0.717, 1.165) is 66.0 Å². The molecule has 13 heteroatoms. The van der Waals surface area contributed by atoms with Crippen LogP contribution in [-0.2, 0) is 34.1 Å². The van der Waals surface area contributed by atoms with Crippen molar-refractivity contribution in [2.75, 3.05) is 19.8 Å². The highest BCUT2D eigenvalue weighted by Crippen LogP contribution is 2.62. The minimum atomic E-state index is -1.47. The summed E-state index contributed by atoms with van der Waals surface area (Å²) in [6, 6.07) is 32.1. The fourth-order valence-corrected chi connectivity index (χ4v) is 10.9. The van der Waals surface area contributed by atoms with E-state index < -0.39 is 22.7 Å². The molecule has 69 heavy (non-hydrogen) atoms. The number of nitro groups is 1. The van der Waals surface area contributed by atoms with Gasteiger partial charge in [0.1, 0.15) is 36.6 Å². The van der Waals surface area contributed by atoms with Gasteiger partial charge in [-0.25, -0.2) is 4.39 Å². The van der Waals surface area contributed by atoms with Crippen molar-refractivity contribution in [2.45, 2.75) is 95.3 Å². The van der Waals surface area contributed by atoms with Crippen molar-refractivity contribution in [3.8, 4) is 11.5 Å². The van der Waals surface area contributed by atoms with Crippen molar-refractivity contribution in [2.24, 2.45) is 28.8 Å². The van der Waals surface area contributed by atoms with Crippen LogP contribution in [0.5, 0.6) is 11.5 Å². The highest BCUT2D eigenvalue weighted by molar-refractivity contribution is 6.03. The minimum Gasteiger partial charge on any atom is -0.489 e. The van der Waals surface area contributed by atoms with Crippen molar-refractivity contribution in [3.63, 3.8) is 0 Å². The molecular weight excluding hydrogens is 878 g/mol. The van der Waals surface area contributed by atoms with E-state index in [1.807, 2.05) is 41.3 Å². The van der Waals surface area contributed by atoms with Gasteiger partial charge in [0.25, 0.3) is 5.69 Å². The maximum atomic E-state index is 15.2. The molecule has 5 aromatic carbocycles. The Morgan fingerprint density at radius 1 is 0.913 bits per heavy atom. The summed E-state index contributed by atoms with van der Waals surface area (Å²) in [5.41, 5.74) is 4.48. The standard InChI is InChI=1S/C56H60FN3O9/c1-2-30-67-56-52(59(55(63)39-22-23-39)34-41-16-11-15-38-12-3-5-17-45(38)41)33-50(58-68-35-37-20-24-43(25-21-37)60(64)65)47-31-40(13-7-9-28-61)46(18-8-10-29-62)53(54(47)56)48-32-44(26-27-51(48)69-56)66-36-42-14-4-6-19-49(42)57/h2-6,11-12,14-17,19-21,24-27,31-32,39-40,46,52-54,61-62H,1,7-10,13,18,22-23,28-30,33-36H2. The van der Waals surface area contributed by atoms with E-state index in [4.69, 9.17) is 24.2 Å². The smallest absolute Gasteiger partial charge is 0.269 e. The number of hydrogen-bond donors (Lipinski definition) is 2. The van der Waals surface area contributed by atoms with Crippen LogP contribution in [0.1, 0.15) is 86.0 Å². The second-order valence-electron chi connectivity index (χ2n) is 18.7. The van der Waals surface area contributed by atoms with Crippen LogP contribution >= 0.6 is 0 Å². The highest BCUT2D eigenvalue weighted by Gasteiger charge is 2.66. The zero-order chi connectivity index (χ0) is 47.9. The molecule has 9 rings (SSSR count). The Labute approximate surface area is 402 Å². The number of allylic oxidation sites excluding steroid dienone is 1. The van der Waals surface area contributed by atoms with Crippen LogP contribution in [0.3, 0.4) is 0 Å². The van der Waals surface area contributed by atoms with E-state index in [1.54, 1.807) is 36.4 Å². The number of nitro benzene ring substituents is 1. The fraction of sp³-hybridized carbons (Fsp3) is 0.393. The van der Waals surface area contributed by atoms with Gasteiger partial charge in [-0.15, -0.1) is 6.58 Å². The van der Waals surface area contributed by atoms with Crippen LogP contribution in [0.4, 0.5) is 10.1 Å². The van der Waals surface area contributed by atoms with Crippen molar-refractivity contribution in [1.82, 2.24) is 4.90 Å². The maximum absolute atomic E-state index is 15.2. The molecule has 2 fully saturated rings. The number of unbranched alkanes of at least 4 members (excludes halogenated alkanes) is 2. The van der Waals surface area contributed by atoms with Crippen LogP contribution in [0.25, 0.3) is 10.8 Å². The monoisotopic (exact) mass is 937 g/mol. The van der Waals surface area contributed by atoms with Crippen LogP contribution in [0.2, 0.25) is 0 Å². The van der Waals surface area contributed by atoms with E-state index in [0.29, 0.717) is 41.2 Å². The van der Waals surface area contributed by atoms with Gasteiger partial charge in [-0.2, -0.15) is 0 Å². The zero-order valence-corrected chi connectivity index (χ0v) is 38.8. The number of amides is 1. The van der Waals surface area contributed by atoms with Crippen molar-refractivity contribution < 1.29 is 43.4 Å². The topological polar surface area (TPSA) is 153 Å². The largest absolute Gasteiger partial charge is 0.489 e. The number of ether oxygens (including phenoxy) is 3. The lowest BCUT2D eigenvalue weighted by Crippen LogP contribution is -2.70. The Kier molecular flexibility index (Phi) is 14.8. The first-order chi connectivity index (χ1) is 33.7. The highest BCUT2D eigenvalue weighted by atomic mass is 19.1. The number of benzene rings is 5. The third kappa shape index (κ3) is 10.2. The number of non-ortho nitro benzene ring substituents is 1. The molecule has 2 saturated carbocycles. The number of halogens is 1. The fourth-order valence-electron chi connectivity index (χ4n) is 10.9. The maximum Gasteiger partial charge on any atom is 0.269 e. The Bertz CT molecular complexity index is 2700. The number of aliphatic hydroxyl groups excluding tert-OH is 2. The van der Waals surface area contributed by atoms with Gasteiger partial charge >= 0.3 is 0 Å². The summed E-state index contributed by atoms with van der Waals surface area (Å²) in [5, 5.41) is 38.6. The predicted molar refractivity (Wildman–Crippen MR) is 261 cm³/mol. The van der Waals surface area contributed by atoms with Crippen molar-refractivity contribution in [3.05, 3.63) is 172 Å². The number of carbonyl (C=O) groups is 1. The average Bonchev–Trinajstić information content (AvgIpc) is 4.22. The van der Waals surface area contributed by atoms with E-state index in [-0.39, 0.29) is 87.1 Å². The summed E-state index contributed by atoms with van der Waals surface area (Å²) in [4.78, 5) is 34.4. The summed E-state index contributed by atoms with van der Waals surface area (Å²) in [7, 11) is 0. The van der Waals surface area contributed by atoms with E-state index in [9.17, 15) is 24.7 Å². The molecule has 0 radical (unpaired) electrons. The normalized spacial score (nSPS) is 23.0. The van der Waals surface area contributed by atoms with Gasteiger partial charge in [-0.05, 0) is 114 Å². The molecule has 6 unspecified atom stereocenters. The zero-order valence-electron chi connectivity index (χ0n) is 38.8. The number of rotatable bonds is 22. The molecule has 360 valence electrons. The summed E-state index contributed by atoms with van der Waals surface area (Å²) < 4.78 is 36.0. The van der Waals surface area contributed by atoms with E-state index in [2.05, 4.69) is 36.9 Å². The Morgan fingerprint density at radius 2 is 1.65 bits per heavy atom. The van der Waals surface area contributed by atoms with Crippen molar-refractivity contribution >= 4 is 28.1 Å². The first kappa shape index (κ1) is 47.6. The Balaban J connectivity index is 1.23. The lowest BCUT2D eigenvalue weighted by atomic mass is 9.55. The molecule has 4 aliphatic rings. The second kappa shape index (κ2) is 21.5. The summed E-state index contributed by atoms with van der Waals surface area (Å²) in [6.45, 7) is 4.64. The van der Waals surface area contributed by atoms with Crippen LogP contribution in [-0.4, -0.2) is 63.3 Å². The molecule has 5 aromatic rings. The molecule has 3 aliphatic carbocycles. The number of oxime groups is 1. The Morgan fingerprint density at radius 3 is 2.41 bits per heavy atom. The van der Waals surface area contributed by atoms with E-state index >= 15 is 4.79 Å². The molecular formula is C56H60FN3O9. The van der Waals surface area contributed by atoms with Crippen LogP contribution in [0, 0.1) is 39.6 Å². The second-order valence-corrected chi connectivity index (χ2v) is 18.7. The van der Waals surface area contributed by atoms with Gasteiger partial charge in [0.15, 0.2) is 0 Å². The summed E-state index contributed by atoms with van der Waals surface area (Å²) in [6.07, 6.45) is 10.0. The van der Waals surface area contributed by atoms with Gasteiger partial charge in [-0.3, -0.25) is 14.9 Å². The minimum absolute atomic E-state index is 0.00570. The number of hydrogen-bond acceptors (Lipinski definition) is 10. The molecule has 2 N–H and O–H groups in total. The predicted octanol–water partition coefficient (Wildman–Crippen LogP) is 10.7. The van der Waals surface area contributed by atoms with Crippen LogP contribution in [0.15, 0.2) is 139 Å². The first-order valence-corrected chi connectivity index (χ1v) is 24.3. The number of nitrogens with zero attached hydrogens (tertiary/aromatic N) is 3. The molecule has 0 spiro atoms. The number of carbonyl (C=O) groups excluding carboxylic acids is 1. The van der Waals surface area contributed by atoms with Gasteiger partial charge in [0.05, 0.1) is 23.2 Å². The average molecular weight is 938 g/mol. The van der Waals surface area contributed by atoms with Gasteiger partial charge in [0, 0.05) is 61.3 Å². The third-order valence-electron chi connectivity index (χ3n) is 14.4. The van der Waals surface area contributed by atoms with E-state index in [1.165, 1.54) is 18.2 Å². The first-order valence-electron chi connectivity index (χ1n) is 24.3. The third-order valence-corrected chi connectivity index (χ3v) is 14.4. The quantitative estimate of drug-likeness (QED) is 0.0299. The lowest BCUT2D eigenvalue weighted by molar-refractivity contribution is -0.384. The number of aliphatic hydroxyl groups is 2. The molecule has 0 bridgehead atoms. The van der Waals surface area contributed by atoms with Gasteiger partial charge < -0.3 is 34.2 Å². The molecule has 1 aliphatic heterocycles. The molecule has 6 atom stereocenters. The SMILES string of the molecule is C=CCOC12Oc3ccc(OCc4ccccc4F)cc3C3C(CCCCO)C(CCCCO)C=C(C(=NOCc4ccc([N+](=O)[O-])cc4)CC1N(Cc1cccc4ccccc14)C(=O)C1CC1)C32. The van der Waals surface area contributed by atoms with Gasteiger partial charge in [0.2, 0.25) is 11.7 Å². The van der Waals surface area contributed by atoms with Crippen LogP contribution < -0.4 is 9.47 Å². The molecule has 0 aromatic heterocycles. The summed E-state index contributed by atoms with van der Waals surface area (Å²) >= 11 is 0. The van der Waals surface area contributed by atoms with Gasteiger partial charge in [-0.1, -0.05) is 90.8 Å². The molecule has 0 saturated heterocycles. The lowest BCUT2D eigenvalue weighted by Gasteiger charge is -2.60. The Hall–Kier alpha value is -6.41. The van der Waals surface area contributed by atoms with Crippen molar-refractivity contribution in [1.29, 1.82) is 0 Å². The molecule has 12 nitrogen and oxygen atoms in total. The molecule has 1 amide bonds. The summed E-state index contributed by atoms with van der Waals surface area (Å²) in [5.74, 6) is -1.74. The molecule has 1 heterocycles.